The topological polar surface area (TPSA) is 85.2 Å². The largest absolute Gasteiger partial charge is 0.397 e. The minimum Gasteiger partial charge on any atom is -0.397 e. The van der Waals surface area contributed by atoms with E-state index in [0.29, 0.717) is 10.6 Å². The lowest BCUT2D eigenvalue weighted by atomic mass is 10.0. The highest BCUT2D eigenvalue weighted by Crippen LogP contribution is 2.45. The molecule has 1 amide bonds. The molecular weight excluding hydrogens is 400 g/mol. The number of nitrogens with zero attached hydrogens (tertiary/aromatic N) is 2. The summed E-state index contributed by atoms with van der Waals surface area (Å²) in [5, 5.41) is 2.93. The normalized spacial score (nSPS) is 13.8. The monoisotopic (exact) mass is 420 g/mol. The third kappa shape index (κ3) is 3.21. The summed E-state index contributed by atoms with van der Waals surface area (Å²) >= 11 is 2.98. The zero-order valence-corrected chi connectivity index (χ0v) is 17.4. The third-order valence-electron chi connectivity index (χ3n) is 5.37. The molecule has 0 aliphatic carbocycles. The number of nitrogens with two attached hydrogens (primary N) is 2. The van der Waals surface area contributed by atoms with Crippen LogP contribution in [0.3, 0.4) is 0 Å². The molecule has 0 unspecified atom stereocenters. The van der Waals surface area contributed by atoms with Gasteiger partial charge in [-0.15, -0.1) is 22.7 Å². The van der Waals surface area contributed by atoms with Crippen LogP contribution in [0, 0.1) is 0 Å². The Bertz CT molecular complexity index is 1200. The van der Waals surface area contributed by atoms with Crippen molar-refractivity contribution < 1.29 is 4.79 Å². The van der Waals surface area contributed by atoms with E-state index in [9.17, 15) is 4.79 Å². The number of hydrogen-bond donors (Lipinski definition) is 2. The summed E-state index contributed by atoms with van der Waals surface area (Å²) in [5.74, 6) is -0.493. The van der Waals surface area contributed by atoms with Crippen LogP contribution in [0.25, 0.3) is 20.7 Å². The van der Waals surface area contributed by atoms with Gasteiger partial charge >= 0.3 is 0 Å². The Morgan fingerprint density at radius 3 is 2.69 bits per heavy atom. The van der Waals surface area contributed by atoms with E-state index in [1.165, 1.54) is 22.5 Å². The average Bonchev–Trinajstić information content (AvgIpc) is 3.45. The summed E-state index contributed by atoms with van der Waals surface area (Å²) in [6.45, 7) is 2.61. The number of rotatable bonds is 5. The standard InChI is InChI=1S/C22H20N4OS2/c23-19-18-17(16-7-4-10-28-16)14-11-26(9-8-13-5-2-1-3-6-13)12-15(14)25-22(18)29-20(19)21(24)27/h1-7,10H,8-9,11-12,23H2,(H2,24,27). The third-order valence-corrected chi connectivity index (χ3v) is 7.37. The van der Waals surface area contributed by atoms with Crippen molar-refractivity contribution >= 4 is 44.5 Å². The lowest BCUT2D eigenvalue weighted by Gasteiger charge is -2.14. The first kappa shape index (κ1) is 18.3. The fourth-order valence-corrected chi connectivity index (χ4v) is 5.78. The molecule has 1 aliphatic rings. The number of anilines is 1. The molecular formula is C22H20N4OS2. The number of primary amides is 1. The number of thiophene rings is 2. The molecule has 29 heavy (non-hydrogen) atoms. The van der Waals surface area contributed by atoms with Crippen molar-refractivity contribution in [2.75, 3.05) is 12.3 Å². The number of benzene rings is 1. The maximum atomic E-state index is 11.8. The number of carbonyl (C=O) groups is 1. The fraction of sp³-hybridized carbons (Fsp3) is 0.182. The molecule has 0 bridgehead atoms. The molecule has 7 heteroatoms. The van der Waals surface area contributed by atoms with Crippen molar-refractivity contribution in [2.24, 2.45) is 5.73 Å². The fourth-order valence-electron chi connectivity index (χ4n) is 4.00. The van der Waals surface area contributed by atoms with E-state index in [2.05, 4.69) is 40.6 Å². The van der Waals surface area contributed by atoms with Crippen molar-refractivity contribution in [1.82, 2.24) is 9.88 Å². The van der Waals surface area contributed by atoms with E-state index >= 15 is 0 Å². The van der Waals surface area contributed by atoms with Gasteiger partial charge < -0.3 is 11.5 Å². The minimum absolute atomic E-state index is 0.398. The molecule has 0 spiro atoms. The van der Waals surface area contributed by atoms with Crippen LogP contribution in [0.15, 0.2) is 47.8 Å². The van der Waals surface area contributed by atoms with Crippen molar-refractivity contribution in [3.63, 3.8) is 0 Å². The van der Waals surface area contributed by atoms with E-state index in [4.69, 9.17) is 16.5 Å². The number of fused-ring (bicyclic) bond motifs is 2. The van der Waals surface area contributed by atoms with Crippen LogP contribution in [0.5, 0.6) is 0 Å². The SMILES string of the molecule is NC(=O)c1sc2nc3c(c(-c4cccs4)c2c1N)CN(CCc1ccccc1)C3. The lowest BCUT2D eigenvalue weighted by molar-refractivity contribution is 0.100. The molecule has 3 aromatic heterocycles. The number of nitrogen functional groups attached to an aromatic ring is 1. The van der Waals surface area contributed by atoms with Crippen molar-refractivity contribution in [3.8, 4) is 10.4 Å². The molecule has 4 heterocycles. The summed E-state index contributed by atoms with van der Waals surface area (Å²) < 4.78 is 0. The van der Waals surface area contributed by atoms with Crippen LogP contribution in [0.1, 0.15) is 26.5 Å². The van der Waals surface area contributed by atoms with Gasteiger partial charge in [0.15, 0.2) is 0 Å². The maximum absolute atomic E-state index is 11.8. The predicted octanol–water partition coefficient (Wildman–Crippen LogP) is 4.26. The molecule has 4 N–H and O–H groups in total. The van der Waals surface area contributed by atoms with Gasteiger partial charge in [-0.2, -0.15) is 0 Å². The predicted molar refractivity (Wildman–Crippen MR) is 120 cm³/mol. The Labute approximate surface area is 176 Å². The molecule has 0 saturated carbocycles. The van der Waals surface area contributed by atoms with E-state index in [0.717, 1.165) is 52.4 Å². The summed E-state index contributed by atoms with van der Waals surface area (Å²) in [6.07, 6.45) is 1.01. The molecule has 0 fully saturated rings. The highest BCUT2D eigenvalue weighted by Gasteiger charge is 2.29. The molecule has 0 saturated heterocycles. The van der Waals surface area contributed by atoms with E-state index in [1.54, 1.807) is 11.3 Å². The Hall–Kier alpha value is -2.74. The van der Waals surface area contributed by atoms with Crippen LogP contribution in [-0.4, -0.2) is 22.3 Å². The summed E-state index contributed by atoms with van der Waals surface area (Å²) in [6, 6.07) is 14.7. The molecule has 1 aromatic carbocycles. The number of hydrogen-bond acceptors (Lipinski definition) is 6. The summed E-state index contributed by atoms with van der Waals surface area (Å²) in [5.41, 5.74) is 17.1. The molecule has 5 nitrogen and oxygen atoms in total. The first-order valence-electron chi connectivity index (χ1n) is 9.45. The van der Waals surface area contributed by atoms with Crippen molar-refractivity contribution in [1.29, 1.82) is 0 Å². The summed E-state index contributed by atoms with van der Waals surface area (Å²) in [4.78, 5) is 21.5. The maximum Gasteiger partial charge on any atom is 0.260 e. The Kier molecular flexibility index (Phi) is 4.58. The van der Waals surface area contributed by atoms with Gasteiger partial charge in [0.05, 0.1) is 11.4 Å². The quantitative estimate of drug-likeness (QED) is 0.505. The van der Waals surface area contributed by atoms with Crippen molar-refractivity contribution in [2.45, 2.75) is 19.5 Å². The first-order valence-corrected chi connectivity index (χ1v) is 11.1. The highest BCUT2D eigenvalue weighted by atomic mass is 32.1. The van der Waals surface area contributed by atoms with Gasteiger partial charge in [0.1, 0.15) is 9.71 Å². The zero-order chi connectivity index (χ0) is 20.0. The second-order valence-corrected chi connectivity index (χ2v) is 9.17. The van der Waals surface area contributed by atoms with Crippen LogP contribution in [-0.2, 0) is 19.5 Å². The van der Waals surface area contributed by atoms with Gasteiger partial charge in [-0.05, 0) is 29.0 Å². The molecule has 0 atom stereocenters. The number of amides is 1. The molecule has 146 valence electrons. The smallest absolute Gasteiger partial charge is 0.260 e. The van der Waals surface area contributed by atoms with Crippen molar-refractivity contribution in [3.05, 3.63) is 69.5 Å². The number of aromatic nitrogens is 1. The van der Waals surface area contributed by atoms with Gasteiger partial charge in [-0.3, -0.25) is 9.69 Å². The van der Waals surface area contributed by atoms with Gasteiger partial charge in [-0.25, -0.2) is 4.98 Å². The second-order valence-electron chi connectivity index (χ2n) is 7.22. The Morgan fingerprint density at radius 2 is 1.97 bits per heavy atom. The summed E-state index contributed by atoms with van der Waals surface area (Å²) in [7, 11) is 0. The molecule has 1 aliphatic heterocycles. The zero-order valence-electron chi connectivity index (χ0n) is 15.7. The Balaban J connectivity index is 1.55. The number of carbonyl (C=O) groups excluding carboxylic acids is 1. The van der Waals surface area contributed by atoms with Gasteiger partial charge in [0.25, 0.3) is 5.91 Å². The van der Waals surface area contributed by atoms with Crippen LogP contribution >= 0.6 is 22.7 Å². The van der Waals surface area contributed by atoms with Gasteiger partial charge in [0, 0.05) is 35.5 Å². The molecule has 4 aromatic rings. The molecule has 5 rings (SSSR count). The minimum atomic E-state index is -0.493. The lowest BCUT2D eigenvalue weighted by Crippen LogP contribution is -2.19. The van der Waals surface area contributed by atoms with E-state index in [-0.39, 0.29) is 0 Å². The second kappa shape index (κ2) is 7.26. The van der Waals surface area contributed by atoms with Crippen LogP contribution in [0.2, 0.25) is 0 Å². The van der Waals surface area contributed by atoms with Gasteiger partial charge in [0.2, 0.25) is 0 Å². The first-order chi connectivity index (χ1) is 14.1. The van der Waals surface area contributed by atoms with Gasteiger partial charge in [-0.1, -0.05) is 36.4 Å². The average molecular weight is 421 g/mol. The van der Waals surface area contributed by atoms with Crippen LogP contribution in [0.4, 0.5) is 5.69 Å². The van der Waals surface area contributed by atoms with E-state index in [1.807, 2.05) is 12.1 Å². The van der Waals surface area contributed by atoms with Crippen LogP contribution < -0.4 is 11.5 Å². The Morgan fingerprint density at radius 1 is 1.14 bits per heavy atom. The highest BCUT2D eigenvalue weighted by molar-refractivity contribution is 7.21. The number of pyridine rings is 1. The molecule has 0 radical (unpaired) electrons. The van der Waals surface area contributed by atoms with E-state index < -0.39 is 5.91 Å².